The lowest BCUT2D eigenvalue weighted by atomic mass is 9.86. The van der Waals surface area contributed by atoms with Gasteiger partial charge in [-0.3, -0.25) is 8.98 Å². The van der Waals surface area contributed by atoms with E-state index in [0.717, 1.165) is 24.0 Å². The Morgan fingerprint density at radius 1 is 1.06 bits per heavy atom. The molecule has 7 nitrogen and oxygen atoms in total. The van der Waals surface area contributed by atoms with Crippen molar-refractivity contribution < 1.29 is 17.3 Å². The van der Waals surface area contributed by atoms with Gasteiger partial charge < -0.3 is 4.74 Å². The molecule has 0 amide bonds. The molecule has 1 unspecified atom stereocenters. The van der Waals surface area contributed by atoms with E-state index in [4.69, 9.17) is 20.5 Å². The van der Waals surface area contributed by atoms with Gasteiger partial charge in [0.05, 0.1) is 11.1 Å². The second-order valence-corrected chi connectivity index (χ2v) is 11.7. The zero-order valence-electron chi connectivity index (χ0n) is 21.3. The number of hydrogen-bond acceptors (Lipinski definition) is 6. The summed E-state index contributed by atoms with van der Waals surface area (Å²) in [5.74, 6) is 0.0654. The summed E-state index contributed by atoms with van der Waals surface area (Å²) >= 11 is 6.34. The molecule has 0 saturated carbocycles. The lowest BCUT2D eigenvalue weighted by Crippen LogP contribution is -2.25. The monoisotopic (exact) mass is 532 g/mol. The number of aromatic nitrogens is 2. The number of benzene rings is 2. The third-order valence-electron chi connectivity index (χ3n) is 5.78. The van der Waals surface area contributed by atoms with Crippen LogP contribution in [0, 0.1) is 6.92 Å². The minimum absolute atomic E-state index is 0.0492. The molecule has 1 aromatic heterocycles. The van der Waals surface area contributed by atoms with Gasteiger partial charge in [-0.2, -0.15) is 13.5 Å². The van der Waals surface area contributed by atoms with Crippen molar-refractivity contribution in [2.24, 2.45) is 0 Å². The van der Waals surface area contributed by atoms with Crippen molar-refractivity contribution in [1.29, 1.82) is 0 Å². The van der Waals surface area contributed by atoms with E-state index in [-0.39, 0.29) is 27.7 Å². The molecule has 1 heterocycles. The average molecular weight is 533 g/mol. The van der Waals surface area contributed by atoms with E-state index in [2.05, 4.69) is 25.9 Å². The maximum absolute atomic E-state index is 12.8. The van der Waals surface area contributed by atoms with E-state index >= 15 is 0 Å². The van der Waals surface area contributed by atoms with Crippen molar-refractivity contribution in [2.45, 2.75) is 70.4 Å². The Labute approximate surface area is 218 Å². The predicted molar refractivity (Wildman–Crippen MR) is 141 cm³/mol. The molecular weight excluding hydrogens is 500 g/mol. The Morgan fingerprint density at radius 3 is 2.28 bits per heavy atom. The maximum atomic E-state index is 12.8. The molecular formula is C27H33ClN2O5S. The van der Waals surface area contributed by atoms with Gasteiger partial charge in [-0.15, -0.1) is 0 Å². The van der Waals surface area contributed by atoms with E-state index in [0.29, 0.717) is 12.1 Å². The van der Waals surface area contributed by atoms with Crippen molar-refractivity contribution in [3.8, 4) is 5.75 Å². The van der Waals surface area contributed by atoms with Gasteiger partial charge in [0.2, 0.25) is 0 Å². The van der Waals surface area contributed by atoms with E-state index in [1.165, 1.54) is 23.0 Å². The standard InChI is InChI=1S/C27H33ClN2O5S/c1-6-7-16-30-26(31)25(28)23(17-29-30)35-24(20-10-12-21(13-11-20)27(3,4)5)18-34-36(32,33)22-14-8-19(2)9-15-22/h8-15,17,24H,6-7,16,18H2,1-5H3. The van der Waals surface area contributed by atoms with Gasteiger partial charge in [0.25, 0.3) is 15.7 Å². The Morgan fingerprint density at radius 2 is 1.69 bits per heavy atom. The molecule has 0 aliphatic heterocycles. The highest BCUT2D eigenvalue weighted by molar-refractivity contribution is 7.86. The van der Waals surface area contributed by atoms with Crippen molar-refractivity contribution in [2.75, 3.05) is 6.61 Å². The lowest BCUT2D eigenvalue weighted by Gasteiger charge is -2.23. The van der Waals surface area contributed by atoms with Crippen LogP contribution in [0.3, 0.4) is 0 Å². The summed E-state index contributed by atoms with van der Waals surface area (Å²) in [5.41, 5.74) is 2.20. The highest BCUT2D eigenvalue weighted by atomic mass is 35.5. The molecule has 0 aliphatic carbocycles. The summed E-state index contributed by atoms with van der Waals surface area (Å²) in [6, 6.07) is 14.0. The molecule has 0 saturated heterocycles. The van der Waals surface area contributed by atoms with Crippen molar-refractivity contribution in [3.05, 3.63) is 86.8 Å². The van der Waals surface area contributed by atoms with Gasteiger partial charge in [-0.05, 0) is 42.0 Å². The van der Waals surface area contributed by atoms with Crippen LogP contribution in [0.15, 0.2) is 64.4 Å². The second-order valence-electron chi connectivity index (χ2n) is 9.73. The number of nitrogens with zero attached hydrogens (tertiary/aromatic N) is 2. The first-order valence-electron chi connectivity index (χ1n) is 11.9. The normalized spacial score (nSPS) is 12.9. The molecule has 194 valence electrons. The zero-order valence-corrected chi connectivity index (χ0v) is 22.9. The molecule has 9 heteroatoms. The lowest BCUT2D eigenvalue weighted by molar-refractivity contribution is 0.132. The molecule has 3 rings (SSSR count). The van der Waals surface area contributed by atoms with Crippen molar-refractivity contribution >= 4 is 21.7 Å². The smallest absolute Gasteiger partial charge is 0.297 e. The fourth-order valence-electron chi connectivity index (χ4n) is 3.47. The van der Waals surface area contributed by atoms with E-state index < -0.39 is 21.8 Å². The highest BCUT2D eigenvalue weighted by Crippen LogP contribution is 2.29. The number of rotatable bonds is 10. The third kappa shape index (κ3) is 6.96. The molecule has 0 N–H and O–H groups in total. The first-order chi connectivity index (χ1) is 16.9. The number of ether oxygens (including phenoxy) is 1. The van der Waals surface area contributed by atoms with Crippen LogP contribution in [0.4, 0.5) is 0 Å². The third-order valence-corrected chi connectivity index (χ3v) is 7.42. The first kappa shape index (κ1) is 27.9. The summed E-state index contributed by atoms with van der Waals surface area (Å²) in [6.07, 6.45) is 2.22. The predicted octanol–water partition coefficient (Wildman–Crippen LogP) is 5.83. The second kappa shape index (κ2) is 11.6. The van der Waals surface area contributed by atoms with Crippen LogP contribution in [0.1, 0.15) is 63.3 Å². The van der Waals surface area contributed by atoms with Crippen LogP contribution in [0.5, 0.6) is 5.75 Å². The molecule has 0 radical (unpaired) electrons. The quantitative estimate of drug-likeness (QED) is 0.305. The minimum Gasteiger partial charge on any atom is -0.480 e. The van der Waals surface area contributed by atoms with Crippen LogP contribution in [-0.4, -0.2) is 24.8 Å². The van der Waals surface area contributed by atoms with E-state index in [1.807, 2.05) is 38.1 Å². The maximum Gasteiger partial charge on any atom is 0.297 e. The van der Waals surface area contributed by atoms with Crippen LogP contribution in [-0.2, 0) is 26.3 Å². The van der Waals surface area contributed by atoms with Crippen LogP contribution in [0.2, 0.25) is 5.02 Å². The zero-order chi connectivity index (χ0) is 26.5. The number of hydrogen-bond donors (Lipinski definition) is 0. The van der Waals surface area contributed by atoms with Gasteiger partial charge in [0.1, 0.15) is 12.7 Å². The minimum atomic E-state index is -4.03. The molecule has 1 atom stereocenters. The summed E-state index contributed by atoms with van der Waals surface area (Å²) in [5, 5.41) is 4.06. The fourth-order valence-corrected chi connectivity index (χ4v) is 4.57. The molecule has 0 spiro atoms. The van der Waals surface area contributed by atoms with Gasteiger partial charge in [-0.25, -0.2) is 4.68 Å². The molecule has 0 bridgehead atoms. The molecule has 2 aromatic carbocycles. The van der Waals surface area contributed by atoms with Crippen LogP contribution in [0.25, 0.3) is 0 Å². The fraction of sp³-hybridized carbons (Fsp3) is 0.407. The Balaban J connectivity index is 1.91. The molecule has 0 fully saturated rings. The topological polar surface area (TPSA) is 87.5 Å². The largest absolute Gasteiger partial charge is 0.480 e. The van der Waals surface area contributed by atoms with Gasteiger partial charge in [0, 0.05) is 6.54 Å². The highest BCUT2D eigenvalue weighted by Gasteiger charge is 2.24. The summed E-state index contributed by atoms with van der Waals surface area (Å²) in [7, 11) is -4.03. The Kier molecular flexibility index (Phi) is 8.98. The van der Waals surface area contributed by atoms with Crippen LogP contribution >= 0.6 is 11.6 Å². The summed E-state index contributed by atoms with van der Waals surface area (Å²) in [4.78, 5) is 12.7. The number of halogens is 1. The molecule has 0 aliphatic rings. The average Bonchev–Trinajstić information content (AvgIpc) is 2.83. The van der Waals surface area contributed by atoms with Crippen molar-refractivity contribution in [3.63, 3.8) is 0 Å². The number of aryl methyl sites for hydroxylation is 2. The SMILES string of the molecule is CCCCn1ncc(OC(COS(=O)(=O)c2ccc(C)cc2)c2ccc(C(C)(C)C)cc2)c(Cl)c1=O. The summed E-state index contributed by atoms with van der Waals surface area (Å²) < 4.78 is 38.4. The summed E-state index contributed by atoms with van der Waals surface area (Å²) in [6.45, 7) is 10.3. The molecule has 3 aromatic rings. The molecule has 36 heavy (non-hydrogen) atoms. The first-order valence-corrected chi connectivity index (χ1v) is 13.7. The van der Waals surface area contributed by atoms with Gasteiger partial charge in [0.15, 0.2) is 10.8 Å². The number of unbranched alkanes of at least 4 members (excludes halogenated alkanes) is 1. The van der Waals surface area contributed by atoms with Crippen LogP contribution < -0.4 is 10.3 Å². The van der Waals surface area contributed by atoms with E-state index in [9.17, 15) is 13.2 Å². The van der Waals surface area contributed by atoms with Crippen molar-refractivity contribution in [1.82, 2.24) is 9.78 Å². The van der Waals surface area contributed by atoms with E-state index in [1.54, 1.807) is 12.1 Å². The van der Waals surface area contributed by atoms with Gasteiger partial charge >= 0.3 is 0 Å². The van der Waals surface area contributed by atoms with Gasteiger partial charge in [-0.1, -0.05) is 87.7 Å². The Bertz CT molecular complexity index is 1330. The Hall–Kier alpha value is -2.68.